The number of benzene rings is 1. The van der Waals surface area contributed by atoms with Crippen molar-refractivity contribution in [2.45, 2.75) is 25.3 Å². The van der Waals surface area contributed by atoms with Crippen LogP contribution in [0, 0.1) is 19.7 Å². The van der Waals surface area contributed by atoms with Gasteiger partial charge in [0.15, 0.2) is 5.13 Å². The zero-order valence-corrected chi connectivity index (χ0v) is 13.5. The summed E-state index contributed by atoms with van der Waals surface area (Å²) in [6.07, 6.45) is 1.59. The van der Waals surface area contributed by atoms with Crippen molar-refractivity contribution in [3.05, 3.63) is 40.2 Å². The van der Waals surface area contributed by atoms with Crippen molar-refractivity contribution in [1.82, 2.24) is 10.3 Å². The molecular weight excluding hydrogens is 313 g/mol. The summed E-state index contributed by atoms with van der Waals surface area (Å²) in [7, 11) is -2.10. The Morgan fingerprint density at radius 2 is 2.05 bits per heavy atom. The van der Waals surface area contributed by atoms with Gasteiger partial charge in [-0.15, -0.1) is 11.3 Å². The van der Waals surface area contributed by atoms with Gasteiger partial charge in [0.05, 0.1) is 4.90 Å². The third kappa shape index (κ3) is 3.58. The van der Waals surface area contributed by atoms with E-state index in [0.29, 0.717) is 16.3 Å². The molecule has 2 N–H and O–H groups in total. The van der Waals surface area contributed by atoms with Crippen LogP contribution in [-0.2, 0) is 16.6 Å². The molecule has 21 heavy (non-hydrogen) atoms. The third-order valence-corrected chi connectivity index (χ3v) is 5.10. The Hall–Kier alpha value is -1.51. The van der Waals surface area contributed by atoms with Crippen LogP contribution in [0.2, 0.25) is 0 Å². The zero-order valence-electron chi connectivity index (χ0n) is 11.9. The predicted octanol–water partition coefficient (Wildman–Crippen LogP) is 2.42. The van der Waals surface area contributed by atoms with E-state index in [1.165, 1.54) is 23.5 Å². The van der Waals surface area contributed by atoms with Crippen molar-refractivity contribution >= 4 is 26.5 Å². The number of aromatic nitrogens is 1. The Morgan fingerprint density at radius 1 is 1.33 bits per heavy atom. The molecule has 1 aromatic heterocycles. The van der Waals surface area contributed by atoms with Crippen molar-refractivity contribution in [2.75, 3.05) is 11.8 Å². The van der Waals surface area contributed by atoms with Crippen LogP contribution in [0.5, 0.6) is 0 Å². The van der Waals surface area contributed by atoms with Gasteiger partial charge in [0.1, 0.15) is 5.82 Å². The number of aryl methyl sites for hydroxylation is 2. The molecule has 0 bridgehead atoms. The van der Waals surface area contributed by atoms with E-state index in [0.717, 1.165) is 4.88 Å². The van der Waals surface area contributed by atoms with Gasteiger partial charge in [-0.3, -0.25) is 4.72 Å². The zero-order chi connectivity index (χ0) is 15.6. The van der Waals surface area contributed by atoms with Gasteiger partial charge in [-0.25, -0.2) is 17.8 Å². The lowest BCUT2D eigenvalue weighted by Gasteiger charge is -2.10. The smallest absolute Gasteiger partial charge is 0.263 e. The van der Waals surface area contributed by atoms with E-state index < -0.39 is 15.8 Å². The van der Waals surface area contributed by atoms with Crippen LogP contribution in [0.3, 0.4) is 0 Å². The van der Waals surface area contributed by atoms with E-state index in [4.69, 9.17) is 0 Å². The van der Waals surface area contributed by atoms with Gasteiger partial charge < -0.3 is 5.32 Å². The number of nitrogens with zero attached hydrogens (tertiary/aromatic N) is 1. The average Bonchev–Trinajstić information content (AvgIpc) is 2.79. The highest BCUT2D eigenvalue weighted by Gasteiger charge is 2.19. The lowest BCUT2D eigenvalue weighted by Crippen LogP contribution is -2.15. The molecular formula is C13H16FN3O2S2. The maximum atomic E-state index is 13.9. The third-order valence-electron chi connectivity index (χ3n) is 2.82. The van der Waals surface area contributed by atoms with Crippen LogP contribution in [0.15, 0.2) is 23.2 Å². The normalized spacial score (nSPS) is 11.6. The molecule has 0 saturated heterocycles. The van der Waals surface area contributed by atoms with E-state index in [2.05, 4.69) is 15.0 Å². The van der Waals surface area contributed by atoms with E-state index in [1.54, 1.807) is 20.2 Å². The summed E-state index contributed by atoms with van der Waals surface area (Å²) < 4.78 is 41.0. The molecule has 1 aromatic carbocycles. The molecule has 114 valence electrons. The second-order valence-corrected chi connectivity index (χ2v) is 7.54. The first-order valence-corrected chi connectivity index (χ1v) is 8.52. The number of rotatable bonds is 5. The second kappa shape index (κ2) is 6.08. The molecule has 2 rings (SSSR count). The summed E-state index contributed by atoms with van der Waals surface area (Å²) >= 11 is 1.24. The molecule has 8 heteroatoms. The first-order chi connectivity index (χ1) is 9.83. The highest BCUT2D eigenvalue weighted by molar-refractivity contribution is 7.93. The molecule has 1 heterocycles. The van der Waals surface area contributed by atoms with Gasteiger partial charge in [-0.05, 0) is 38.6 Å². The summed E-state index contributed by atoms with van der Waals surface area (Å²) in [4.78, 5) is 4.90. The molecule has 0 atom stereocenters. The van der Waals surface area contributed by atoms with E-state index in [1.807, 2.05) is 6.92 Å². The fraction of sp³-hybridized carbons (Fsp3) is 0.308. The Bertz CT molecular complexity index is 757. The van der Waals surface area contributed by atoms with Gasteiger partial charge in [0, 0.05) is 23.2 Å². The number of thiazole rings is 1. The van der Waals surface area contributed by atoms with Crippen LogP contribution in [0.25, 0.3) is 0 Å². The molecule has 0 aliphatic carbocycles. The fourth-order valence-corrected chi connectivity index (χ4v) is 3.90. The molecule has 0 unspecified atom stereocenters. The first kappa shape index (κ1) is 15.9. The lowest BCUT2D eigenvalue weighted by molar-refractivity contribution is 0.585. The van der Waals surface area contributed by atoms with Gasteiger partial charge in [0.25, 0.3) is 10.0 Å². The predicted molar refractivity (Wildman–Crippen MR) is 81.6 cm³/mol. The molecule has 2 aromatic rings. The SMILES string of the molecule is CNCc1cc(S(=O)(=O)Nc2ncc(C)s2)cc(C)c1F. The summed E-state index contributed by atoms with van der Waals surface area (Å²) in [5.74, 6) is -0.395. The Labute approximate surface area is 127 Å². The maximum Gasteiger partial charge on any atom is 0.263 e. The molecule has 0 fully saturated rings. The first-order valence-electron chi connectivity index (χ1n) is 6.22. The Balaban J connectivity index is 2.40. The van der Waals surface area contributed by atoms with Crippen molar-refractivity contribution in [3.63, 3.8) is 0 Å². The van der Waals surface area contributed by atoms with E-state index in [9.17, 15) is 12.8 Å². The van der Waals surface area contributed by atoms with E-state index >= 15 is 0 Å². The number of sulfonamides is 1. The van der Waals surface area contributed by atoms with Crippen LogP contribution < -0.4 is 10.0 Å². The van der Waals surface area contributed by atoms with Gasteiger partial charge in [-0.1, -0.05) is 0 Å². The molecule has 0 aliphatic rings. The van der Waals surface area contributed by atoms with Gasteiger partial charge in [0.2, 0.25) is 0 Å². The molecule has 0 amide bonds. The minimum Gasteiger partial charge on any atom is -0.316 e. The van der Waals surface area contributed by atoms with E-state index in [-0.39, 0.29) is 11.4 Å². The highest BCUT2D eigenvalue weighted by atomic mass is 32.2. The lowest BCUT2D eigenvalue weighted by atomic mass is 10.1. The highest BCUT2D eigenvalue weighted by Crippen LogP contribution is 2.24. The van der Waals surface area contributed by atoms with Gasteiger partial charge in [-0.2, -0.15) is 0 Å². The Morgan fingerprint density at radius 3 is 2.62 bits per heavy atom. The summed E-state index contributed by atoms with van der Waals surface area (Å²) in [6, 6.07) is 2.65. The second-order valence-electron chi connectivity index (χ2n) is 4.63. The molecule has 0 saturated carbocycles. The van der Waals surface area contributed by atoms with Crippen LogP contribution in [0.4, 0.5) is 9.52 Å². The maximum absolute atomic E-state index is 13.9. The number of hydrogen-bond acceptors (Lipinski definition) is 5. The van der Waals surface area contributed by atoms with Crippen molar-refractivity contribution in [3.8, 4) is 0 Å². The monoisotopic (exact) mass is 329 g/mol. The van der Waals surface area contributed by atoms with Crippen molar-refractivity contribution < 1.29 is 12.8 Å². The summed E-state index contributed by atoms with van der Waals surface area (Å²) in [5.41, 5.74) is 0.603. The standard InChI is InChI=1S/C13H16FN3O2S2/c1-8-4-11(5-10(7-15-3)12(8)14)21(18,19)17-13-16-6-9(2)20-13/h4-6,15H,7H2,1-3H3,(H,16,17). The summed E-state index contributed by atoms with van der Waals surface area (Å²) in [6.45, 7) is 3.63. The summed E-state index contributed by atoms with van der Waals surface area (Å²) in [5, 5.41) is 3.11. The quantitative estimate of drug-likeness (QED) is 0.884. The number of halogens is 1. The number of anilines is 1. The van der Waals surface area contributed by atoms with Crippen LogP contribution in [-0.4, -0.2) is 20.4 Å². The molecule has 0 spiro atoms. The largest absolute Gasteiger partial charge is 0.316 e. The minimum atomic E-state index is -3.78. The van der Waals surface area contributed by atoms with Gasteiger partial charge >= 0.3 is 0 Å². The number of nitrogens with one attached hydrogen (secondary N) is 2. The van der Waals surface area contributed by atoms with Crippen molar-refractivity contribution in [1.29, 1.82) is 0 Å². The molecule has 5 nitrogen and oxygen atoms in total. The number of hydrogen-bond donors (Lipinski definition) is 2. The average molecular weight is 329 g/mol. The minimum absolute atomic E-state index is 0.0273. The van der Waals surface area contributed by atoms with Crippen molar-refractivity contribution in [2.24, 2.45) is 0 Å². The topological polar surface area (TPSA) is 71.1 Å². The molecule has 0 radical (unpaired) electrons. The van der Waals surface area contributed by atoms with Crippen LogP contribution in [0.1, 0.15) is 16.0 Å². The Kier molecular flexibility index (Phi) is 4.60. The van der Waals surface area contributed by atoms with Crippen LogP contribution >= 0.6 is 11.3 Å². The fourth-order valence-electron chi connectivity index (χ4n) is 1.86. The molecule has 0 aliphatic heterocycles.